The molecule has 1 aliphatic carbocycles. The third-order valence-electron chi connectivity index (χ3n) is 1.50. The van der Waals surface area contributed by atoms with E-state index in [0.717, 1.165) is 6.92 Å². The van der Waals surface area contributed by atoms with Gasteiger partial charge in [0.1, 0.15) is 0 Å². The number of carbonyl (C=O) groups is 1. The lowest BCUT2D eigenvalue weighted by atomic mass is 10.0. The number of aliphatic hydroxyl groups excluding tert-OH is 1. The first-order valence-corrected chi connectivity index (χ1v) is 4.95. The molecule has 0 amide bonds. The second-order valence-corrected chi connectivity index (χ2v) is 2.96. The molecule has 2 N–H and O–H groups in total. The Bertz CT molecular complexity index is 82.8. The van der Waals surface area contributed by atoms with E-state index in [-0.39, 0.29) is 6.61 Å². The number of carboxylic acids is 1. The second kappa shape index (κ2) is 14.0. The molecule has 80 valence electrons. The van der Waals surface area contributed by atoms with Gasteiger partial charge >= 0.3 is 0 Å². The van der Waals surface area contributed by atoms with Crippen molar-refractivity contribution in [3.8, 4) is 0 Å². The molecule has 0 aliphatic heterocycles. The van der Waals surface area contributed by atoms with Gasteiger partial charge in [-0.1, -0.05) is 38.5 Å². The molecule has 0 aromatic carbocycles. The Morgan fingerprint density at radius 1 is 1.08 bits per heavy atom. The Morgan fingerprint density at radius 3 is 1.23 bits per heavy atom. The lowest BCUT2D eigenvalue weighted by molar-refractivity contribution is -0.134. The molecule has 0 radical (unpaired) electrons. The van der Waals surface area contributed by atoms with Crippen LogP contribution in [0.5, 0.6) is 0 Å². The van der Waals surface area contributed by atoms with Crippen LogP contribution in [-0.2, 0) is 4.79 Å². The molecule has 3 heteroatoms. The van der Waals surface area contributed by atoms with Crippen LogP contribution in [0.1, 0.15) is 52.4 Å². The highest BCUT2D eigenvalue weighted by Gasteiger charge is 1.95. The Hall–Kier alpha value is -0.570. The van der Waals surface area contributed by atoms with E-state index >= 15 is 0 Å². The molecule has 3 nitrogen and oxygen atoms in total. The van der Waals surface area contributed by atoms with Crippen LogP contribution in [0.2, 0.25) is 0 Å². The van der Waals surface area contributed by atoms with Crippen LogP contribution in [0.4, 0.5) is 0 Å². The van der Waals surface area contributed by atoms with Crippen molar-refractivity contribution < 1.29 is 15.0 Å². The fraction of sp³-hybridized carbons (Fsp3) is 0.900. The molecule has 0 heterocycles. The van der Waals surface area contributed by atoms with E-state index in [4.69, 9.17) is 15.0 Å². The molecule has 1 rings (SSSR count). The Balaban J connectivity index is 0. The molecule has 0 aromatic heterocycles. The minimum Gasteiger partial charge on any atom is -0.481 e. The highest BCUT2D eigenvalue weighted by molar-refractivity contribution is 5.62. The highest BCUT2D eigenvalue weighted by atomic mass is 16.4. The maximum atomic E-state index is 9.00. The van der Waals surface area contributed by atoms with Crippen LogP contribution in [0.3, 0.4) is 0 Å². The summed E-state index contributed by atoms with van der Waals surface area (Å²) in [7, 11) is 0. The fourth-order valence-corrected chi connectivity index (χ4v) is 1.06. The predicted octanol–water partition coefficient (Wildman–Crippen LogP) is 2.43. The van der Waals surface area contributed by atoms with Gasteiger partial charge in [-0.2, -0.15) is 0 Å². The van der Waals surface area contributed by atoms with Crippen molar-refractivity contribution in [2.75, 3.05) is 6.61 Å². The molecule has 0 unspecified atom stereocenters. The van der Waals surface area contributed by atoms with Gasteiger partial charge in [0.25, 0.3) is 5.97 Å². The summed E-state index contributed by atoms with van der Waals surface area (Å²) in [6.45, 7) is 3.01. The summed E-state index contributed by atoms with van der Waals surface area (Å²) in [5.74, 6) is -0.833. The van der Waals surface area contributed by atoms with E-state index in [9.17, 15) is 0 Å². The summed E-state index contributed by atoms with van der Waals surface area (Å²) in [5, 5.41) is 15.0. The number of aliphatic hydroxyl groups is 1. The average molecular weight is 190 g/mol. The molecule has 0 atom stereocenters. The van der Waals surface area contributed by atoms with E-state index in [1.54, 1.807) is 6.92 Å². The van der Waals surface area contributed by atoms with Crippen molar-refractivity contribution in [3.05, 3.63) is 0 Å². The van der Waals surface area contributed by atoms with Crippen molar-refractivity contribution in [2.45, 2.75) is 52.4 Å². The third kappa shape index (κ3) is 34.5. The van der Waals surface area contributed by atoms with E-state index in [2.05, 4.69) is 0 Å². The van der Waals surface area contributed by atoms with Gasteiger partial charge in [0.2, 0.25) is 0 Å². The van der Waals surface area contributed by atoms with Crippen LogP contribution in [0.15, 0.2) is 0 Å². The van der Waals surface area contributed by atoms with Gasteiger partial charge in [-0.3, -0.25) is 4.79 Å². The summed E-state index contributed by atoms with van der Waals surface area (Å²) in [5.41, 5.74) is 0. The molecule has 1 aliphatic rings. The standard InChI is InChI=1S/C6H12.C2H4O2.C2H6O/c1-2-4-6-5-3-1;1-2(3)4;1-2-3/h1-6H2;1H3,(H,3,4);3H,2H2,1H3. The summed E-state index contributed by atoms with van der Waals surface area (Å²) < 4.78 is 0. The highest BCUT2D eigenvalue weighted by Crippen LogP contribution is 2.15. The summed E-state index contributed by atoms with van der Waals surface area (Å²) >= 11 is 0. The minimum absolute atomic E-state index is 0.250. The molecule has 0 saturated heterocycles. The second-order valence-electron chi connectivity index (χ2n) is 2.96. The van der Waals surface area contributed by atoms with Crippen molar-refractivity contribution in [2.24, 2.45) is 0 Å². The minimum atomic E-state index is -0.833. The smallest absolute Gasteiger partial charge is 0.300 e. The third-order valence-corrected chi connectivity index (χ3v) is 1.50. The van der Waals surface area contributed by atoms with Gasteiger partial charge in [-0.25, -0.2) is 0 Å². The van der Waals surface area contributed by atoms with Crippen LogP contribution < -0.4 is 0 Å². The molecule has 0 bridgehead atoms. The SMILES string of the molecule is C1CCCCC1.CC(=O)O.CCO. The fourth-order valence-electron chi connectivity index (χ4n) is 1.06. The average Bonchev–Trinajstić information content (AvgIpc) is 2.08. The molecule has 1 fully saturated rings. The van der Waals surface area contributed by atoms with Crippen LogP contribution in [-0.4, -0.2) is 22.8 Å². The number of rotatable bonds is 0. The van der Waals surface area contributed by atoms with E-state index < -0.39 is 5.97 Å². The lowest BCUT2D eigenvalue weighted by Crippen LogP contribution is -1.85. The Labute approximate surface area is 80.8 Å². The molecular formula is C10H22O3. The van der Waals surface area contributed by atoms with Gasteiger partial charge in [-0.15, -0.1) is 0 Å². The molecule has 13 heavy (non-hydrogen) atoms. The summed E-state index contributed by atoms with van der Waals surface area (Å²) in [4.78, 5) is 9.00. The van der Waals surface area contributed by atoms with Crippen LogP contribution in [0.25, 0.3) is 0 Å². The number of aliphatic carboxylic acids is 1. The van der Waals surface area contributed by atoms with Gasteiger partial charge in [0, 0.05) is 13.5 Å². The zero-order chi connectivity index (χ0) is 10.5. The van der Waals surface area contributed by atoms with Gasteiger partial charge in [-0.05, 0) is 6.92 Å². The molecule has 0 spiro atoms. The monoisotopic (exact) mass is 190 g/mol. The molecule has 1 saturated carbocycles. The largest absolute Gasteiger partial charge is 0.481 e. The summed E-state index contributed by atoms with van der Waals surface area (Å²) in [6.07, 6.45) is 9.00. The van der Waals surface area contributed by atoms with Crippen molar-refractivity contribution in [3.63, 3.8) is 0 Å². The zero-order valence-corrected chi connectivity index (χ0v) is 8.75. The number of carboxylic acid groups (broad SMARTS) is 1. The van der Waals surface area contributed by atoms with Crippen molar-refractivity contribution >= 4 is 5.97 Å². The van der Waals surface area contributed by atoms with Gasteiger partial charge in [0.05, 0.1) is 0 Å². The van der Waals surface area contributed by atoms with Crippen molar-refractivity contribution in [1.29, 1.82) is 0 Å². The number of hydrogen-bond acceptors (Lipinski definition) is 2. The maximum absolute atomic E-state index is 9.00. The zero-order valence-electron chi connectivity index (χ0n) is 8.75. The van der Waals surface area contributed by atoms with Gasteiger partial charge < -0.3 is 10.2 Å². The van der Waals surface area contributed by atoms with E-state index in [1.807, 2.05) is 0 Å². The number of hydrogen-bond donors (Lipinski definition) is 2. The lowest BCUT2D eigenvalue weighted by Gasteiger charge is -2.05. The Morgan fingerprint density at radius 2 is 1.15 bits per heavy atom. The quantitative estimate of drug-likeness (QED) is 0.616. The first-order chi connectivity index (χ1) is 6.15. The van der Waals surface area contributed by atoms with E-state index in [1.165, 1.54) is 38.5 Å². The first-order valence-electron chi connectivity index (χ1n) is 4.95. The predicted molar refractivity (Wildman–Crippen MR) is 53.8 cm³/mol. The van der Waals surface area contributed by atoms with E-state index in [0.29, 0.717) is 0 Å². The maximum Gasteiger partial charge on any atom is 0.300 e. The van der Waals surface area contributed by atoms with Crippen molar-refractivity contribution in [1.82, 2.24) is 0 Å². The topological polar surface area (TPSA) is 57.5 Å². The van der Waals surface area contributed by atoms with Gasteiger partial charge in [0.15, 0.2) is 0 Å². The molecular weight excluding hydrogens is 168 g/mol. The van der Waals surface area contributed by atoms with Crippen LogP contribution in [0, 0.1) is 0 Å². The first kappa shape index (κ1) is 14.9. The molecule has 0 aromatic rings. The normalized spacial score (nSPS) is 14.4. The Kier molecular flexibility index (Phi) is 16.1. The summed E-state index contributed by atoms with van der Waals surface area (Å²) in [6, 6.07) is 0. The van der Waals surface area contributed by atoms with Crippen LogP contribution >= 0.6 is 0 Å².